The van der Waals surface area contributed by atoms with Crippen molar-refractivity contribution < 1.29 is 9.53 Å². The highest BCUT2D eigenvalue weighted by molar-refractivity contribution is 5.79. The van der Waals surface area contributed by atoms with E-state index in [4.69, 9.17) is 4.74 Å². The monoisotopic (exact) mass is 150 g/mol. The molecule has 0 aliphatic carbocycles. The fourth-order valence-corrected chi connectivity index (χ4v) is 0.898. The Balaban J connectivity index is 2.35. The van der Waals surface area contributed by atoms with Crippen LogP contribution in [0, 0.1) is 0 Å². The van der Waals surface area contributed by atoms with Crippen LogP contribution in [0.4, 0.5) is 4.79 Å². The first-order valence-corrected chi connectivity index (χ1v) is 3.18. The largest absolute Gasteiger partial charge is 0.461 e. The van der Waals surface area contributed by atoms with Gasteiger partial charge in [0.05, 0.1) is 18.2 Å². The van der Waals surface area contributed by atoms with Gasteiger partial charge in [0, 0.05) is 0 Å². The Morgan fingerprint density at radius 2 is 2.36 bits per heavy atom. The molecule has 2 amide bonds. The van der Waals surface area contributed by atoms with E-state index in [1.54, 1.807) is 18.4 Å². The average molecular weight is 150 g/mol. The first kappa shape index (κ1) is 6.03. The number of ether oxygens (including phenoxy) is 1. The number of nitrogens with one attached hydrogen (secondary N) is 2. The molecular weight excluding hydrogens is 144 g/mol. The van der Waals surface area contributed by atoms with E-state index in [1.165, 1.54) is 6.20 Å². The standard InChI is InChI=1S/C7H6N2O2/c10-7-8-4-6-5(9-7)2-1-3-11-6/h1-4H,(H2,8,9,10). The van der Waals surface area contributed by atoms with Gasteiger partial charge in [-0.25, -0.2) is 4.79 Å². The maximum atomic E-state index is 10.7. The van der Waals surface area contributed by atoms with Crippen molar-refractivity contribution in [1.29, 1.82) is 0 Å². The van der Waals surface area contributed by atoms with E-state index < -0.39 is 0 Å². The second-order valence-electron chi connectivity index (χ2n) is 2.13. The summed E-state index contributed by atoms with van der Waals surface area (Å²) in [4.78, 5) is 10.7. The van der Waals surface area contributed by atoms with Crippen molar-refractivity contribution in [3.8, 4) is 0 Å². The molecule has 0 aromatic carbocycles. The minimum absolute atomic E-state index is 0.237. The number of rotatable bonds is 0. The summed E-state index contributed by atoms with van der Waals surface area (Å²) in [5, 5.41) is 5.05. The van der Waals surface area contributed by atoms with Crippen molar-refractivity contribution in [3.05, 3.63) is 36.1 Å². The van der Waals surface area contributed by atoms with E-state index in [0.29, 0.717) is 11.5 Å². The molecular formula is C7H6N2O2. The number of carbonyl (C=O) groups excluding carboxylic acids is 1. The van der Waals surface area contributed by atoms with Crippen molar-refractivity contribution >= 4 is 6.03 Å². The van der Waals surface area contributed by atoms with Crippen molar-refractivity contribution in [2.75, 3.05) is 0 Å². The van der Waals surface area contributed by atoms with Crippen LogP contribution in [0.5, 0.6) is 0 Å². The Hall–Kier alpha value is -1.71. The van der Waals surface area contributed by atoms with Crippen LogP contribution < -0.4 is 10.6 Å². The molecule has 56 valence electrons. The Bertz CT molecular complexity index is 289. The molecule has 0 fully saturated rings. The van der Waals surface area contributed by atoms with Gasteiger partial charge in [0.1, 0.15) is 0 Å². The van der Waals surface area contributed by atoms with Gasteiger partial charge >= 0.3 is 6.03 Å². The average Bonchev–Trinajstić information content (AvgIpc) is 2.04. The molecule has 2 aliphatic heterocycles. The van der Waals surface area contributed by atoms with Crippen molar-refractivity contribution in [2.24, 2.45) is 0 Å². The van der Waals surface area contributed by atoms with Crippen molar-refractivity contribution in [1.82, 2.24) is 10.6 Å². The maximum absolute atomic E-state index is 10.7. The van der Waals surface area contributed by atoms with E-state index in [9.17, 15) is 4.79 Å². The second-order valence-corrected chi connectivity index (χ2v) is 2.13. The zero-order valence-corrected chi connectivity index (χ0v) is 5.63. The van der Waals surface area contributed by atoms with E-state index in [-0.39, 0.29) is 6.03 Å². The lowest BCUT2D eigenvalue weighted by molar-refractivity contribution is 0.241. The molecule has 0 aromatic heterocycles. The van der Waals surface area contributed by atoms with Gasteiger partial charge in [-0.3, -0.25) is 0 Å². The zero-order valence-electron chi connectivity index (χ0n) is 5.63. The molecule has 2 heterocycles. The van der Waals surface area contributed by atoms with E-state index >= 15 is 0 Å². The Morgan fingerprint density at radius 3 is 3.27 bits per heavy atom. The van der Waals surface area contributed by atoms with Crippen LogP contribution in [-0.4, -0.2) is 6.03 Å². The van der Waals surface area contributed by atoms with Crippen LogP contribution in [0.3, 0.4) is 0 Å². The first-order chi connectivity index (χ1) is 5.36. The molecule has 2 rings (SSSR count). The highest BCUT2D eigenvalue weighted by Crippen LogP contribution is 2.14. The molecule has 0 unspecified atom stereocenters. The number of amides is 2. The molecule has 11 heavy (non-hydrogen) atoms. The summed E-state index contributed by atoms with van der Waals surface area (Å²) < 4.78 is 5.07. The number of hydrogen-bond acceptors (Lipinski definition) is 2. The number of allylic oxidation sites excluding steroid dienone is 2. The van der Waals surface area contributed by atoms with Gasteiger partial charge in [-0.2, -0.15) is 0 Å². The highest BCUT2D eigenvalue weighted by atomic mass is 16.5. The summed E-state index contributed by atoms with van der Waals surface area (Å²) in [6.45, 7) is 0. The van der Waals surface area contributed by atoms with Crippen LogP contribution in [0.2, 0.25) is 0 Å². The predicted octanol–water partition coefficient (Wildman–Crippen LogP) is 0.568. The van der Waals surface area contributed by atoms with Gasteiger partial charge in [0.15, 0.2) is 5.76 Å². The Labute approximate surface area is 63.2 Å². The maximum Gasteiger partial charge on any atom is 0.323 e. The highest BCUT2D eigenvalue weighted by Gasteiger charge is 2.15. The molecule has 4 nitrogen and oxygen atoms in total. The molecule has 0 aromatic rings. The summed E-state index contributed by atoms with van der Waals surface area (Å²) >= 11 is 0. The van der Waals surface area contributed by atoms with Gasteiger partial charge in [-0.15, -0.1) is 0 Å². The smallest absolute Gasteiger partial charge is 0.323 e. The lowest BCUT2D eigenvalue weighted by Crippen LogP contribution is -2.37. The van der Waals surface area contributed by atoms with Gasteiger partial charge in [-0.05, 0) is 12.2 Å². The topological polar surface area (TPSA) is 50.4 Å². The van der Waals surface area contributed by atoms with Crippen molar-refractivity contribution in [3.63, 3.8) is 0 Å². The summed E-state index contributed by atoms with van der Waals surface area (Å²) in [5.74, 6) is 0.632. The first-order valence-electron chi connectivity index (χ1n) is 3.18. The fraction of sp³-hybridized carbons (Fsp3) is 0. The minimum Gasteiger partial charge on any atom is -0.461 e. The number of urea groups is 1. The SMILES string of the molecule is O=C1NC=C2OC=CC=C2N1. The van der Waals surface area contributed by atoms with Gasteiger partial charge in [0.2, 0.25) is 0 Å². The predicted molar refractivity (Wildman–Crippen MR) is 38.1 cm³/mol. The third-order valence-corrected chi connectivity index (χ3v) is 1.38. The normalized spacial score (nSPS) is 20.2. The van der Waals surface area contributed by atoms with Crippen LogP contribution >= 0.6 is 0 Å². The summed E-state index contributed by atoms with van der Waals surface area (Å²) in [6, 6.07) is -0.237. The van der Waals surface area contributed by atoms with E-state index in [0.717, 1.165) is 0 Å². The number of carbonyl (C=O) groups is 1. The molecule has 0 spiro atoms. The van der Waals surface area contributed by atoms with Gasteiger partial charge < -0.3 is 15.4 Å². The fourth-order valence-electron chi connectivity index (χ4n) is 0.898. The zero-order chi connectivity index (χ0) is 7.68. The number of hydrogen-bond donors (Lipinski definition) is 2. The molecule has 2 aliphatic rings. The minimum atomic E-state index is -0.237. The lowest BCUT2D eigenvalue weighted by Gasteiger charge is -2.18. The third-order valence-electron chi connectivity index (χ3n) is 1.38. The molecule has 0 atom stereocenters. The quantitative estimate of drug-likeness (QED) is 0.530. The summed E-state index contributed by atoms with van der Waals surface area (Å²) in [6.07, 6.45) is 6.56. The van der Waals surface area contributed by atoms with Gasteiger partial charge in [0.25, 0.3) is 0 Å². The molecule has 0 radical (unpaired) electrons. The van der Waals surface area contributed by atoms with Crippen LogP contribution in [-0.2, 0) is 4.74 Å². The van der Waals surface area contributed by atoms with E-state index in [1.807, 2.05) is 0 Å². The Kier molecular flexibility index (Phi) is 1.18. The Morgan fingerprint density at radius 1 is 1.45 bits per heavy atom. The number of fused-ring (bicyclic) bond motifs is 1. The van der Waals surface area contributed by atoms with Crippen LogP contribution in [0.1, 0.15) is 0 Å². The third kappa shape index (κ3) is 0.980. The lowest BCUT2D eigenvalue weighted by atomic mass is 10.3. The molecule has 2 N–H and O–H groups in total. The summed E-state index contributed by atoms with van der Waals surface area (Å²) in [7, 11) is 0. The molecule has 0 saturated carbocycles. The van der Waals surface area contributed by atoms with Crippen LogP contribution in [0.15, 0.2) is 36.1 Å². The summed E-state index contributed by atoms with van der Waals surface area (Å²) in [5.41, 5.74) is 0.691. The molecule has 0 saturated heterocycles. The van der Waals surface area contributed by atoms with E-state index in [2.05, 4.69) is 10.6 Å². The van der Waals surface area contributed by atoms with Crippen LogP contribution in [0.25, 0.3) is 0 Å². The molecule has 0 bridgehead atoms. The van der Waals surface area contributed by atoms with Crippen molar-refractivity contribution in [2.45, 2.75) is 0 Å². The van der Waals surface area contributed by atoms with Gasteiger partial charge in [-0.1, -0.05) is 0 Å². The molecule has 4 heteroatoms. The second kappa shape index (κ2) is 2.16.